The van der Waals surface area contributed by atoms with Crippen molar-refractivity contribution in [2.24, 2.45) is 0 Å². The number of benzene rings is 1. The van der Waals surface area contributed by atoms with E-state index in [4.69, 9.17) is 5.73 Å². The predicted octanol–water partition coefficient (Wildman–Crippen LogP) is 1.55. The molecule has 0 spiro atoms. The first-order valence-electron chi connectivity index (χ1n) is 7.65. The van der Waals surface area contributed by atoms with Gasteiger partial charge in [0.1, 0.15) is 0 Å². The molecule has 1 amide bonds. The Balaban J connectivity index is 1.86. The molecule has 5 nitrogen and oxygen atoms in total. The summed E-state index contributed by atoms with van der Waals surface area (Å²) in [5.74, 6) is -0.0487. The molecule has 1 heterocycles. The van der Waals surface area contributed by atoms with E-state index in [0.717, 1.165) is 18.7 Å². The molecule has 1 aromatic rings. The topological polar surface area (TPSA) is 61.6 Å². The molecule has 3 N–H and O–H groups in total. The van der Waals surface area contributed by atoms with Crippen LogP contribution in [0, 0.1) is 0 Å². The lowest BCUT2D eigenvalue weighted by Crippen LogP contribution is -2.29. The van der Waals surface area contributed by atoms with Gasteiger partial charge in [-0.25, -0.2) is 0 Å². The maximum atomic E-state index is 12.3. The molecule has 0 radical (unpaired) electrons. The first-order chi connectivity index (χ1) is 10.1. The lowest BCUT2D eigenvalue weighted by molar-refractivity contribution is 0.0952. The van der Waals surface area contributed by atoms with Gasteiger partial charge in [0.15, 0.2) is 0 Å². The fourth-order valence-corrected chi connectivity index (χ4v) is 2.73. The van der Waals surface area contributed by atoms with Crippen LogP contribution in [0.3, 0.4) is 0 Å². The average molecular weight is 290 g/mol. The van der Waals surface area contributed by atoms with Crippen molar-refractivity contribution in [1.29, 1.82) is 0 Å². The van der Waals surface area contributed by atoms with Crippen molar-refractivity contribution in [2.45, 2.75) is 19.3 Å². The van der Waals surface area contributed by atoms with E-state index < -0.39 is 0 Å². The van der Waals surface area contributed by atoms with Crippen LogP contribution in [0.15, 0.2) is 18.2 Å². The number of likely N-dealkylation sites (tertiary alicyclic amines) is 1. The zero-order chi connectivity index (χ0) is 15.2. The Morgan fingerprint density at radius 1 is 1.33 bits per heavy atom. The van der Waals surface area contributed by atoms with Crippen molar-refractivity contribution >= 4 is 17.3 Å². The van der Waals surface area contributed by atoms with Crippen molar-refractivity contribution < 1.29 is 4.79 Å². The number of anilines is 2. The van der Waals surface area contributed by atoms with Gasteiger partial charge in [-0.1, -0.05) is 0 Å². The van der Waals surface area contributed by atoms with E-state index in [0.29, 0.717) is 17.8 Å². The maximum Gasteiger partial charge on any atom is 0.253 e. The van der Waals surface area contributed by atoms with Crippen LogP contribution in [0.2, 0.25) is 0 Å². The van der Waals surface area contributed by atoms with Crippen LogP contribution in [0.1, 0.15) is 29.6 Å². The minimum Gasteiger partial charge on any atom is -0.399 e. The van der Waals surface area contributed by atoms with Gasteiger partial charge in [0.25, 0.3) is 5.91 Å². The summed E-state index contributed by atoms with van der Waals surface area (Å²) in [6.07, 6.45) is 3.61. The summed E-state index contributed by atoms with van der Waals surface area (Å²) in [5, 5.41) is 3.00. The van der Waals surface area contributed by atoms with Crippen LogP contribution in [0.4, 0.5) is 11.4 Å². The van der Waals surface area contributed by atoms with Gasteiger partial charge in [0, 0.05) is 32.0 Å². The summed E-state index contributed by atoms with van der Waals surface area (Å²) < 4.78 is 0. The second kappa shape index (κ2) is 7.31. The van der Waals surface area contributed by atoms with E-state index >= 15 is 0 Å². The summed E-state index contributed by atoms with van der Waals surface area (Å²) >= 11 is 0. The summed E-state index contributed by atoms with van der Waals surface area (Å²) in [7, 11) is 3.85. The SMILES string of the molecule is CN(C)c1ccc(N)cc1C(=O)NCCCN1CCCC1. The van der Waals surface area contributed by atoms with Crippen molar-refractivity contribution in [3.63, 3.8) is 0 Å². The van der Waals surface area contributed by atoms with Gasteiger partial charge < -0.3 is 20.9 Å². The zero-order valence-electron chi connectivity index (χ0n) is 13.1. The van der Waals surface area contributed by atoms with E-state index in [-0.39, 0.29) is 5.91 Å². The van der Waals surface area contributed by atoms with Gasteiger partial charge in [-0.15, -0.1) is 0 Å². The maximum absolute atomic E-state index is 12.3. The molecule has 0 atom stereocenters. The Kier molecular flexibility index (Phi) is 5.44. The zero-order valence-corrected chi connectivity index (χ0v) is 13.1. The third-order valence-corrected chi connectivity index (χ3v) is 3.88. The first-order valence-corrected chi connectivity index (χ1v) is 7.65. The van der Waals surface area contributed by atoms with Crippen molar-refractivity contribution in [3.05, 3.63) is 23.8 Å². The van der Waals surface area contributed by atoms with E-state index in [1.165, 1.54) is 25.9 Å². The van der Waals surface area contributed by atoms with Crippen LogP contribution in [0.25, 0.3) is 0 Å². The number of carbonyl (C=O) groups excluding carboxylic acids is 1. The van der Waals surface area contributed by atoms with Crippen LogP contribution in [-0.2, 0) is 0 Å². The number of hydrogen-bond acceptors (Lipinski definition) is 4. The lowest BCUT2D eigenvalue weighted by Gasteiger charge is -2.18. The molecule has 0 bridgehead atoms. The monoisotopic (exact) mass is 290 g/mol. The molecular weight excluding hydrogens is 264 g/mol. The van der Waals surface area contributed by atoms with Gasteiger partial charge in [0.05, 0.1) is 5.56 Å². The minimum atomic E-state index is -0.0487. The van der Waals surface area contributed by atoms with E-state index in [2.05, 4.69) is 10.2 Å². The number of nitrogens with two attached hydrogens (primary N) is 1. The lowest BCUT2D eigenvalue weighted by atomic mass is 10.1. The number of nitrogens with one attached hydrogen (secondary N) is 1. The highest BCUT2D eigenvalue weighted by Gasteiger charge is 2.14. The highest BCUT2D eigenvalue weighted by Crippen LogP contribution is 2.21. The Labute approximate surface area is 127 Å². The van der Waals surface area contributed by atoms with Gasteiger partial charge >= 0.3 is 0 Å². The van der Waals surface area contributed by atoms with Crippen LogP contribution in [-0.4, -0.2) is 51.1 Å². The Hall–Kier alpha value is -1.75. The fraction of sp³-hybridized carbons (Fsp3) is 0.562. The Morgan fingerprint density at radius 2 is 2.05 bits per heavy atom. The molecule has 1 aliphatic heterocycles. The molecule has 0 aliphatic carbocycles. The van der Waals surface area contributed by atoms with Crippen molar-refractivity contribution in [3.8, 4) is 0 Å². The molecule has 1 fully saturated rings. The van der Waals surface area contributed by atoms with Crippen LogP contribution < -0.4 is 16.0 Å². The standard InChI is InChI=1S/C16H26N4O/c1-19(2)15-7-6-13(17)12-14(15)16(21)18-8-5-11-20-9-3-4-10-20/h6-7,12H,3-5,8-11,17H2,1-2H3,(H,18,21). The van der Waals surface area contributed by atoms with Crippen molar-refractivity contribution in [1.82, 2.24) is 10.2 Å². The highest BCUT2D eigenvalue weighted by molar-refractivity contribution is 6.00. The van der Waals surface area contributed by atoms with Crippen molar-refractivity contribution in [2.75, 3.05) is 50.9 Å². The summed E-state index contributed by atoms with van der Waals surface area (Å²) in [6.45, 7) is 4.18. The Morgan fingerprint density at radius 3 is 2.71 bits per heavy atom. The smallest absolute Gasteiger partial charge is 0.253 e. The molecule has 1 saturated heterocycles. The largest absolute Gasteiger partial charge is 0.399 e. The van der Waals surface area contributed by atoms with E-state index in [9.17, 15) is 4.79 Å². The van der Waals surface area contributed by atoms with Gasteiger partial charge in [0.2, 0.25) is 0 Å². The first kappa shape index (κ1) is 15.6. The second-order valence-electron chi connectivity index (χ2n) is 5.83. The molecule has 0 unspecified atom stereocenters. The molecule has 1 aliphatic rings. The molecule has 116 valence electrons. The molecule has 1 aromatic carbocycles. The normalized spacial score (nSPS) is 15.1. The quantitative estimate of drug-likeness (QED) is 0.616. The summed E-state index contributed by atoms with van der Waals surface area (Å²) in [5.41, 5.74) is 7.94. The predicted molar refractivity (Wildman–Crippen MR) is 87.8 cm³/mol. The third kappa shape index (κ3) is 4.36. The molecule has 0 aromatic heterocycles. The van der Waals surface area contributed by atoms with E-state index in [1.54, 1.807) is 6.07 Å². The molecule has 21 heavy (non-hydrogen) atoms. The number of nitrogen functional groups attached to an aromatic ring is 1. The fourth-order valence-electron chi connectivity index (χ4n) is 2.73. The van der Waals surface area contributed by atoms with Gasteiger partial charge in [-0.3, -0.25) is 4.79 Å². The number of rotatable bonds is 6. The van der Waals surface area contributed by atoms with Crippen LogP contribution >= 0.6 is 0 Å². The Bertz CT molecular complexity index is 481. The van der Waals surface area contributed by atoms with E-state index in [1.807, 2.05) is 31.1 Å². The number of amides is 1. The molecule has 2 rings (SSSR count). The highest BCUT2D eigenvalue weighted by atomic mass is 16.1. The van der Waals surface area contributed by atoms with Gasteiger partial charge in [-0.05, 0) is 57.1 Å². The number of nitrogens with zero attached hydrogens (tertiary/aromatic N) is 2. The second-order valence-corrected chi connectivity index (χ2v) is 5.83. The molecule has 5 heteroatoms. The van der Waals surface area contributed by atoms with Gasteiger partial charge in [-0.2, -0.15) is 0 Å². The minimum absolute atomic E-state index is 0.0487. The molecule has 0 saturated carbocycles. The molecular formula is C16H26N4O. The number of carbonyl (C=O) groups is 1. The summed E-state index contributed by atoms with van der Waals surface area (Å²) in [4.78, 5) is 16.7. The number of hydrogen-bond donors (Lipinski definition) is 2. The van der Waals surface area contributed by atoms with Crippen LogP contribution in [0.5, 0.6) is 0 Å². The third-order valence-electron chi connectivity index (χ3n) is 3.88. The average Bonchev–Trinajstić information content (AvgIpc) is 2.96. The summed E-state index contributed by atoms with van der Waals surface area (Å²) in [6, 6.07) is 5.44.